The molecule has 28 heavy (non-hydrogen) atoms. The van der Waals surface area contributed by atoms with Crippen LogP contribution in [0.15, 0.2) is 23.2 Å². The minimum absolute atomic E-state index is 0.00506. The van der Waals surface area contributed by atoms with Crippen molar-refractivity contribution in [1.29, 1.82) is 0 Å². The normalized spacial score (nSPS) is 16.7. The van der Waals surface area contributed by atoms with E-state index in [2.05, 4.69) is 21.7 Å². The van der Waals surface area contributed by atoms with Crippen molar-refractivity contribution in [2.24, 2.45) is 10.9 Å². The number of amides is 1. The lowest BCUT2D eigenvalue weighted by Gasteiger charge is -2.23. The fourth-order valence-electron chi connectivity index (χ4n) is 3.52. The Hall–Kier alpha value is -2.44. The van der Waals surface area contributed by atoms with Crippen molar-refractivity contribution in [1.82, 2.24) is 15.5 Å². The van der Waals surface area contributed by atoms with E-state index in [1.54, 1.807) is 19.0 Å². The van der Waals surface area contributed by atoms with Crippen LogP contribution in [0.4, 0.5) is 0 Å². The lowest BCUT2D eigenvalue weighted by Crippen LogP contribution is -2.41. The molecule has 2 N–H and O–H groups in total. The maximum absolute atomic E-state index is 11.9. The van der Waals surface area contributed by atoms with Gasteiger partial charge in [-0.2, -0.15) is 0 Å². The third-order valence-corrected chi connectivity index (χ3v) is 5.30. The van der Waals surface area contributed by atoms with Crippen LogP contribution in [0.3, 0.4) is 0 Å². The van der Waals surface area contributed by atoms with E-state index in [-0.39, 0.29) is 12.5 Å². The van der Waals surface area contributed by atoms with Crippen molar-refractivity contribution in [3.8, 4) is 11.5 Å². The first-order valence-corrected chi connectivity index (χ1v) is 10.2. The molecule has 7 nitrogen and oxygen atoms in total. The van der Waals surface area contributed by atoms with Gasteiger partial charge in [0, 0.05) is 27.2 Å². The van der Waals surface area contributed by atoms with Crippen LogP contribution in [0.25, 0.3) is 0 Å². The van der Waals surface area contributed by atoms with Crippen LogP contribution < -0.4 is 20.1 Å². The zero-order chi connectivity index (χ0) is 19.8. The Morgan fingerprint density at radius 1 is 1.14 bits per heavy atom. The van der Waals surface area contributed by atoms with Crippen molar-refractivity contribution in [2.45, 2.75) is 38.5 Å². The Labute approximate surface area is 167 Å². The second-order valence-electron chi connectivity index (χ2n) is 7.70. The molecule has 1 fully saturated rings. The second-order valence-corrected chi connectivity index (χ2v) is 7.70. The van der Waals surface area contributed by atoms with E-state index in [1.165, 1.54) is 37.7 Å². The zero-order valence-electron chi connectivity index (χ0n) is 17.0. The number of fused-ring (bicyclic) bond motifs is 1. The third kappa shape index (κ3) is 6.04. The van der Waals surface area contributed by atoms with Crippen molar-refractivity contribution in [3.63, 3.8) is 0 Å². The number of nitrogens with zero attached hydrogens (tertiary/aromatic N) is 2. The van der Waals surface area contributed by atoms with Gasteiger partial charge in [-0.3, -0.25) is 4.79 Å². The number of likely N-dealkylation sites (N-methyl/N-ethyl adjacent to an activating group) is 1. The molecule has 2 aliphatic rings. The van der Waals surface area contributed by atoms with Gasteiger partial charge < -0.3 is 25.0 Å². The van der Waals surface area contributed by atoms with Crippen molar-refractivity contribution < 1.29 is 14.3 Å². The molecule has 0 saturated heterocycles. The van der Waals surface area contributed by atoms with Gasteiger partial charge in [-0.15, -0.1) is 0 Å². The molecule has 1 heterocycles. The van der Waals surface area contributed by atoms with Crippen LogP contribution in [0, 0.1) is 5.92 Å². The highest BCUT2D eigenvalue weighted by Gasteiger charge is 2.15. The lowest BCUT2D eigenvalue weighted by molar-refractivity contribution is -0.127. The minimum atomic E-state index is -0.00506. The smallest absolute Gasteiger partial charge is 0.243 e. The number of carbonyl (C=O) groups is 1. The van der Waals surface area contributed by atoms with Crippen molar-refractivity contribution >= 4 is 11.9 Å². The second kappa shape index (κ2) is 10.2. The van der Waals surface area contributed by atoms with Gasteiger partial charge in [0.15, 0.2) is 17.5 Å². The van der Waals surface area contributed by atoms with Gasteiger partial charge in [0.2, 0.25) is 12.7 Å². The van der Waals surface area contributed by atoms with Crippen molar-refractivity contribution in [3.05, 3.63) is 23.8 Å². The lowest BCUT2D eigenvalue weighted by atomic mass is 9.89. The maximum atomic E-state index is 11.9. The quantitative estimate of drug-likeness (QED) is 0.553. The number of guanidine groups is 1. The van der Waals surface area contributed by atoms with Gasteiger partial charge >= 0.3 is 0 Å². The van der Waals surface area contributed by atoms with E-state index in [9.17, 15) is 4.79 Å². The van der Waals surface area contributed by atoms with E-state index >= 15 is 0 Å². The summed E-state index contributed by atoms with van der Waals surface area (Å²) in [6, 6.07) is 6.02. The third-order valence-electron chi connectivity index (χ3n) is 5.30. The maximum Gasteiger partial charge on any atom is 0.243 e. The predicted octanol–water partition coefficient (Wildman–Crippen LogP) is 2.16. The molecular formula is C21H32N4O3. The Morgan fingerprint density at radius 2 is 1.93 bits per heavy atom. The summed E-state index contributed by atoms with van der Waals surface area (Å²) in [5, 5.41) is 6.80. The minimum Gasteiger partial charge on any atom is -0.454 e. The van der Waals surface area contributed by atoms with Crippen LogP contribution in [0.1, 0.15) is 37.7 Å². The standard InChI is InChI=1S/C21H32N4O3/c1-25(2)20(26)14-24-21(23-13-17-6-4-3-5-7-17)22-11-10-16-8-9-18-19(12-16)28-15-27-18/h8-9,12,17H,3-7,10-11,13-15H2,1-2H3,(H2,22,23,24). The molecule has 154 valence electrons. The van der Waals surface area contributed by atoms with Gasteiger partial charge in [0.1, 0.15) is 6.54 Å². The van der Waals surface area contributed by atoms with E-state index in [1.807, 2.05) is 12.1 Å². The molecule has 1 aliphatic heterocycles. The number of hydrogen-bond donors (Lipinski definition) is 2. The monoisotopic (exact) mass is 388 g/mol. The average Bonchev–Trinajstić information content (AvgIpc) is 3.18. The van der Waals surface area contributed by atoms with Crippen LogP contribution >= 0.6 is 0 Å². The van der Waals surface area contributed by atoms with E-state index in [0.717, 1.165) is 31.0 Å². The van der Waals surface area contributed by atoms with Gasteiger partial charge in [-0.25, -0.2) is 4.99 Å². The predicted molar refractivity (Wildman–Crippen MR) is 110 cm³/mol. The summed E-state index contributed by atoms with van der Waals surface area (Å²) in [6.45, 7) is 2.08. The average molecular weight is 389 g/mol. The number of benzene rings is 1. The highest BCUT2D eigenvalue weighted by molar-refractivity contribution is 5.84. The number of aliphatic imine (C=N–C) groups is 1. The Bertz CT molecular complexity index is 684. The summed E-state index contributed by atoms with van der Waals surface area (Å²) in [5.74, 6) is 3.00. The highest BCUT2D eigenvalue weighted by Crippen LogP contribution is 2.32. The number of ether oxygens (including phenoxy) is 2. The van der Waals surface area contributed by atoms with Crippen LogP contribution in [0.2, 0.25) is 0 Å². The van der Waals surface area contributed by atoms with Gasteiger partial charge in [0.25, 0.3) is 0 Å². The molecule has 1 aromatic carbocycles. The molecule has 0 aromatic heterocycles. The van der Waals surface area contributed by atoms with E-state index in [4.69, 9.17) is 9.47 Å². The zero-order valence-corrected chi connectivity index (χ0v) is 17.0. The molecule has 0 bridgehead atoms. The molecule has 1 aliphatic carbocycles. The molecule has 1 aromatic rings. The first-order chi connectivity index (χ1) is 13.6. The molecular weight excluding hydrogens is 356 g/mol. The van der Waals surface area contributed by atoms with Crippen molar-refractivity contribution in [2.75, 3.05) is 40.5 Å². The number of rotatable bonds is 7. The molecule has 3 rings (SSSR count). The summed E-state index contributed by atoms with van der Waals surface area (Å²) in [4.78, 5) is 17.9. The summed E-state index contributed by atoms with van der Waals surface area (Å²) in [7, 11) is 3.50. The first kappa shape index (κ1) is 20.3. The van der Waals surface area contributed by atoms with Crippen LogP contribution in [-0.4, -0.2) is 57.3 Å². The number of hydrogen-bond acceptors (Lipinski definition) is 4. The van der Waals surface area contributed by atoms with E-state index in [0.29, 0.717) is 18.7 Å². The summed E-state index contributed by atoms with van der Waals surface area (Å²) in [5.41, 5.74) is 1.17. The Kier molecular flexibility index (Phi) is 7.39. The topological polar surface area (TPSA) is 75.2 Å². The summed E-state index contributed by atoms with van der Waals surface area (Å²) in [6.07, 6.45) is 7.36. The van der Waals surface area contributed by atoms with E-state index < -0.39 is 0 Å². The molecule has 1 amide bonds. The fourth-order valence-corrected chi connectivity index (χ4v) is 3.52. The SMILES string of the molecule is CN(C)C(=O)CN=C(NCCc1ccc2c(c1)OCO2)NCC1CCCCC1. The number of carbonyl (C=O) groups excluding carboxylic acids is 1. The first-order valence-electron chi connectivity index (χ1n) is 10.2. The Morgan fingerprint density at radius 3 is 2.71 bits per heavy atom. The molecule has 7 heteroatoms. The Balaban J connectivity index is 1.51. The molecule has 1 saturated carbocycles. The molecule has 0 spiro atoms. The fraction of sp³-hybridized carbons (Fsp3) is 0.619. The molecule has 0 radical (unpaired) electrons. The number of nitrogens with one attached hydrogen (secondary N) is 2. The highest BCUT2D eigenvalue weighted by atomic mass is 16.7. The molecule has 0 unspecified atom stereocenters. The summed E-state index contributed by atoms with van der Waals surface area (Å²) >= 11 is 0. The summed E-state index contributed by atoms with van der Waals surface area (Å²) < 4.78 is 10.8. The van der Waals surface area contributed by atoms with Gasteiger partial charge in [-0.05, 0) is 42.9 Å². The largest absolute Gasteiger partial charge is 0.454 e. The van der Waals surface area contributed by atoms with Gasteiger partial charge in [0.05, 0.1) is 0 Å². The van der Waals surface area contributed by atoms with Crippen LogP contribution in [-0.2, 0) is 11.2 Å². The van der Waals surface area contributed by atoms with Crippen LogP contribution in [0.5, 0.6) is 11.5 Å². The van der Waals surface area contributed by atoms with Gasteiger partial charge in [-0.1, -0.05) is 25.3 Å². The molecule has 0 atom stereocenters.